The summed E-state index contributed by atoms with van der Waals surface area (Å²) >= 11 is 0. The van der Waals surface area contributed by atoms with Gasteiger partial charge in [-0.2, -0.15) is 0 Å². The number of carbonyl (C=O) groups excluding carboxylic acids is 1. The largest absolute Gasteiger partial charge is 0.457 e. The van der Waals surface area contributed by atoms with Crippen molar-refractivity contribution in [2.75, 3.05) is 13.2 Å². The van der Waals surface area contributed by atoms with Crippen LogP contribution >= 0.6 is 0 Å². The molecule has 2 bridgehead atoms. The predicted octanol–water partition coefficient (Wildman–Crippen LogP) is 0.469. The van der Waals surface area contributed by atoms with E-state index in [1.807, 2.05) is 13.0 Å². The second-order valence-corrected chi connectivity index (χ2v) is 9.96. The molecule has 2 saturated carbocycles. The number of fused-ring (bicyclic) bond motifs is 5. The molecule has 7 nitrogen and oxygen atoms in total. The molecule has 7 aliphatic rings. The number of ether oxygens (including phenoxy) is 3. The van der Waals surface area contributed by atoms with E-state index >= 15 is 0 Å². The molecule has 7 rings (SSSR count). The van der Waals surface area contributed by atoms with Crippen molar-refractivity contribution >= 4 is 5.97 Å². The summed E-state index contributed by atoms with van der Waals surface area (Å²) < 4.78 is 17.5. The van der Waals surface area contributed by atoms with Gasteiger partial charge in [0.1, 0.15) is 11.5 Å². The summed E-state index contributed by atoms with van der Waals surface area (Å²) in [5.41, 5.74) is -1.54. The molecule has 0 amide bonds. The topological polar surface area (TPSA) is 105 Å². The maximum Gasteiger partial charge on any atom is 0.318 e. The maximum atomic E-state index is 12.9. The number of aliphatic hydroxyl groups is 3. The van der Waals surface area contributed by atoms with Crippen LogP contribution in [0.2, 0.25) is 0 Å². The van der Waals surface area contributed by atoms with Crippen LogP contribution in [-0.4, -0.2) is 58.3 Å². The molecule has 3 N–H and O–H groups in total. The molecule has 0 aromatic heterocycles. The third-order valence-electron chi connectivity index (χ3n) is 9.27. The highest BCUT2D eigenvalue weighted by molar-refractivity contribution is 5.82. The molecule has 6 fully saturated rings. The second kappa shape index (κ2) is 4.44. The zero-order chi connectivity index (χ0) is 19.0. The van der Waals surface area contributed by atoms with Gasteiger partial charge in [0, 0.05) is 17.8 Å². The van der Waals surface area contributed by atoms with Gasteiger partial charge in [-0.1, -0.05) is 6.92 Å². The Hall–Kier alpha value is -0.990. The van der Waals surface area contributed by atoms with Crippen molar-refractivity contribution in [1.82, 2.24) is 0 Å². The van der Waals surface area contributed by atoms with Crippen molar-refractivity contribution in [3.63, 3.8) is 0 Å². The van der Waals surface area contributed by atoms with Gasteiger partial charge >= 0.3 is 5.97 Å². The number of carbonyl (C=O) groups is 1. The van der Waals surface area contributed by atoms with Crippen LogP contribution in [-0.2, 0) is 19.0 Å². The summed E-state index contributed by atoms with van der Waals surface area (Å²) in [4.78, 5) is 12.9. The zero-order valence-corrected chi connectivity index (χ0v) is 15.6. The number of esters is 1. The Labute approximate surface area is 157 Å². The molecule has 4 saturated heterocycles. The van der Waals surface area contributed by atoms with Crippen molar-refractivity contribution < 1.29 is 34.3 Å². The van der Waals surface area contributed by atoms with Gasteiger partial charge in [0.05, 0.1) is 24.7 Å². The van der Waals surface area contributed by atoms with Crippen LogP contribution in [0.25, 0.3) is 0 Å². The van der Waals surface area contributed by atoms with E-state index < -0.39 is 40.6 Å². The van der Waals surface area contributed by atoms with Gasteiger partial charge in [-0.05, 0) is 43.8 Å². The fourth-order valence-corrected chi connectivity index (χ4v) is 7.51. The van der Waals surface area contributed by atoms with Crippen molar-refractivity contribution in [2.45, 2.75) is 63.3 Å². The normalized spacial score (nSPS) is 63.1. The average Bonchev–Trinajstić information content (AvgIpc) is 3.05. The minimum Gasteiger partial charge on any atom is -0.457 e. The molecular formula is C20H26O7. The number of hydrogen-bond donors (Lipinski definition) is 3. The zero-order valence-electron chi connectivity index (χ0n) is 15.6. The van der Waals surface area contributed by atoms with Crippen molar-refractivity contribution in [1.29, 1.82) is 0 Å². The maximum absolute atomic E-state index is 12.9. The van der Waals surface area contributed by atoms with Crippen LogP contribution in [0.4, 0.5) is 0 Å². The highest BCUT2D eigenvalue weighted by atomic mass is 16.6. The Bertz CT molecular complexity index is 783. The van der Waals surface area contributed by atoms with E-state index in [4.69, 9.17) is 14.2 Å². The number of aliphatic hydroxyl groups excluding tert-OH is 1. The van der Waals surface area contributed by atoms with Crippen LogP contribution in [0.15, 0.2) is 11.6 Å². The lowest BCUT2D eigenvalue weighted by Gasteiger charge is -2.66. The molecule has 7 heteroatoms. The molecule has 0 unspecified atom stereocenters. The third kappa shape index (κ3) is 1.47. The Morgan fingerprint density at radius 2 is 1.93 bits per heavy atom. The monoisotopic (exact) mass is 378 g/mol. The van der Waals surface area contributed by atoms with Crippen molar-refractivity contribution in [3.05, 3.63) is 11.6 Å². The Balaban J connectivity index is 1.57. The lowest BCUT2D eigenvalue weighted by Crippen LogP contribution is -2.73. The molecule has 3 aliphatic carbocycles. The van der Waals surface area contributed by atoms with Crippen molar-refractivity contribution in [3.8, 4) is 0 Å². The molecule has 27 heavy (non-hydrogen) atoms. The predicted molar refractivity (Wildman–Crippen MR) is 89.9 cm³/mol. The highest BCUT2D eigenvalue weighted by Crippen LogP contribution is 2.73. The summed E-state index contributed by atoms with van der Waals surface area (Å²) in [6.07, 6.45) is 3.09. The summed E-state index contributed by atoms with van der Waals surface area (Å²) in [6.45, 7) is 4.07. The smallest absolute Gasteiger partial charge is 0.318 e. The van der Waals surface area contributed by atoms with E-state index in [1.165, 1.54) is 0 Å². The van der Waals surface area contributed by atoms with E-state index in [0.29, 0.717) is 25.9 Å². The third-order valence-corrected chi connectivity index (χ3v) is 9.27. The summed E-state index contributed by atoms with van der Waals surface area (Å²) in [6, 6.07) is 0. The van der Waals surface area contributed by atoms with E-state index in [0.717, 1.165) is 12.0 Å². The van der Waals surface area contributed by atoms with Crippen LogP contribution in [0, 0.1) is 28.1 Å². The lowest BCUT2D eigenvalue weighted by atomic mass is 9.41. The lowest BCUT2D eigenvalue weighted by molar-refractivity contribution is -0.370. The summed E-state index contributed by atoms with van der Waals surface area (Å²) in [7, 11) is 0. The molecular weight excluding hydrogens is 352 g/mol. The summed E-state index contributed by atoms with van der Waals surface area (Å²) in [5, 5.41) is 33.2. The minimum atomic E-state index is -1.56. The molecule has 4 aliphatic heterocycles. The van der Waals surface area contributed by atoms with E-state index in [1.54, 1.807) is 6.92 Å². The Kier molecular flexibility index (Phi) is 2.78. The molecule has 0 radical (unpaired) electrons. The first-order valence-corrected chi connectivity index (χ1v) is 9.96. The van der Waals surface area contributed by atoms with Gasteiger partial charge < -0.3 is 29.5 Å². The van der Waals surface area contributed by atoms with Crippen LogP contribution in [0.1, 0.15) is 39.5 Å². The van der Waals surface area contributed by atoms with E-state index in [-0.39, 0.29) is 23.9 Å². The SMILES string of the molecule is C[C@@]12CC[C@@H]3C(=C[C@H]4OC(=O)[C@]5(C)[C@H]4[C@]34CC[C@@]5(O)OC4)[C@]1(O)OC[C@H]2O. The number of rotatable bonds is 0. The molecule has 4 heterocycles. The minimum absolute atomic E-state index is 0.0270. The van der Waals surface area contributed by atoms with Gasteiger partial charge in [0.25, 0.3) is 0 Å². The molecule has 0 aromatic rings. The first kappa shape index (κ1) is 16.9. The first-order valence-electron chi connectivity index (χ1n) is 9.96. The fourth-order valence-electron chi connectivity index (χ4n) is 7.51. The van der Waals surface area contributed by atoms with E-state index in [9.17, 15) is 20.1 Å². The fraction of sp³-hybridized carbons (Fsp3) is 0.850. The van der Waals surface area contributed by atoms with Crippen LogP contribution in [0.5, 0.6) is 0 Å². The molecule has 148 valence electrons. The van der Waals surface area contributed by atoms with E-state index in [2.05, 4.69) is 0 Å². The van der Waals surface area contributed by atoms with Crippen LogP contribution < -0.4 is 0 Å². The van der Waals surface area contributed by atoms with Crippen LogP contribution in [0.3, 0.4) is 0 Å². The van der Waals surface area contributed by atoms with Gasteiger partial charge in [0.15, 0.2) is 11.6 Å². The highest BCUT2D eigenvalue weighted by Gasteiger charge is 2.80. The van der Waals surface area contributed by atoms with Gasteiger partial charge in [0.2, 0.25) is 0 Å². The first-order chi connectivity index (χ1) is 12.6. The quantitative estimate of drug-likeness (QED) is 0.416. The molecule has 0 aromatic carbocycles. The Morgan fingerprint density at radius 1 is 1.15 bits per heavy atom. The summed E-state index contributed by atoms with van der Waals surface area (Å²) in [5.74, 6) is -3.69. The van der Waals surface area contributed by atoms with Gasteiger partial charge in [-0.25, -0.2) is 0 Å². The standard InChI is InChI=1S/C20H26O7/c1-16-4-3-10-11(20(16,24)25-8-13(16)21)7-12-14-17(2,15(22)27-12)19(23)6-5-18(10,14)9-26-19/h7,10,12-14,21,23-24H,3-6,8-9H2,1-2H3/t10-,12-,13-,14+,16+,17+,18+,19-,20+/m1/s1. The van der Waals surface area contributed by atoms with Crippen molar-refractivity contribution in [2.24, 2.45) is 28.1 Å². The molecule has 1 spiro atoms. The Morgan fingerprint density at radius 3 is 2.63 bits per heavy atom. The van der Waals surface area contributed by atoms with Gasteiger partial charge in [-0.3, -0.25) is 4.79 Å². The molecule has 9 atom stereocenters. The van der Waals surface area contributed by atoms with Gasteiger partial charge in [-0.15, -0.1) is 0 Å². The second-order valence-electron chi connectivity index (χ2n) is 9.96. The average molecular weight is 378 g/mol. The number of hydrogen-bond acceptors (Lipinski definition) is 7.